The summed E-state index contributed by atoms with van der Waals surface area (Å²) in [7, 11) is 3.21. The third-order valence-electron chi connectivity index (χ3n) is 5.53. The Morgan fingerprint density at radius 2 is 1.76 bits per heavy atom. The molecular formula is C21H26N6O2. The van der Waals surface area contributed by atoms with Crippen LogP contribution in [-0.2, 0) is 0 Å². The van der Waals surface area contributed by atoms with Crippen LogP contribution in [0.5, 0.6) is 11.5 Å². The summed E-state index contributed by atoms with van der Waals surface area (Å²) in [6, 6.07) is 8.10. The lowest BCUT2D eigenvalue weighted by Crippen LogP contribution is -2.47. The number of hydrogen-bond donors (Lipinski definition) is 1. The number of piperazine rings is 1. The highest BCUT2D eigenvalue weighted by Gasteiger charge is 2.24. The zero-order valence-electron chi connectivity index (χ0n) is 17.0. The Labute approximate surface area is 170 Å². The van der Waals surface area contributed by atoms with Crippen LogP contribution in [0.25, 0.3) is 10.9 Å². The van der Waals surface area contributed by atoms with Gasteiger partial charge >= 0.3 is 0 Å². The van der Waals surface area contributed by atoms with E-state index in [2.05, 4.69) is 32.8 Å². The van der Waals surface area contributed by atoms with Gasteiger partial charge in [-0.2, -0.15) is 4.98 Å². The van der Waals surface area contributed by atoms with Gasteiger partial charge in [0.2, 0.25) is 5.95 Å². The number of anilines is 2. The number of fused-ring (bicyclic) bond motifs is 1. The Morgan fingerprint density at radius 3 is 2.41 bits per heavy atom. The Hall–Kier alpha value is -3.13. The second kappa shape index (κ2) is 8.08. The van der Waals surface area contributed by atoms with E-state index in [4.69, 9.17) is 20.2 Å². The lowest BCUT2D eigenvalue weighted by Gasteiger charge is -2.38. The summed E-state index contributed by atoms with van der Waals surface area (Å²) in [5.74, 6) is 2.33. The largest absolute Gasteiger partial charge is 0.493 e. The lowest BCUT2D eigenvalue weighted by atomic mass is 10.1. The molecular weight excluding hydrogens is 368 g/mol. The molecule has 1 saturated heterocycles. The van der Waals surface area contributed by atoms with Gasteiger partial charge in [0.15, 0.2) is 11.5 Å². The van der Waals surface area contributed by atoms with Gasteiger partial charge in [0.25, 0.3) is 0 Å². The van der Waals surface area contributed by atoms with E-state index in [1.165, 1.54) is 5.56 Å². The fourth-order valence-electron chi connectivity index (χ4n) is 3.75. The first-order valence-corrected chi connectivity index (χ1v) is 9.69. The molecule has 0 bridgehead atoms. The molecule has 3 heterocycles. The van der Waals surface area contributed by atoms with E-state index in [-0.39, 0.29) is 0 Å². The Morgan fingerprint density at radius 1 is 1.03 bits per heavy atom. The third kappa shape index (κ3) is 3.75. The predicted octanol–water partition coefficient (Wildman–Crippen LogP) is 2.51. The zero-order chi connectivity index (χ0) is 20.4. The van der Waals surface area contributed by atoms with E-state index >= 15 is 0 Å². The standard InChI is InChI=1S/C21H26N6O2/c1-14(15-5-4-6-23-13-15)26-7-9-27(10-8-26)21-24-17-12-19(29-3)18(28-2)11-16(17)20(22)25-21/h4-6,11-14H,7-10H2,1-3H3,(H2,22,24,25). The van der Waals surface area contributed by atoms with Crippen molar-refractivity contribution >= 4 is 22.7 Å². The van der Waals surface area contributed by atoms with Crippen LogP contribution in [-0.4, -0.2) is 60.3 Å². The maximum absolute atomic E-state index is 6.24. The van der Waals surface area contributed by atoms with Crippen LogP contribution < -0.4 is 20.1 Å². The summed E-state index contributed by atoms with van der Waals surface area (Å²) in [6.07, 6.45) is 3.74. The lowest BCUT2D eigenvalue weighted by molar-refractivity contribution is 0.197. The maximum Gasteiger partial charge on any atom is 0.227 e. The van der Waals surface area contributed by atoms with Gasteiger partial charge in [-0.15, -0.1) is 0 Å². The van der Waals surface area contributed by atoms with Crippen molar-refractivity contribution in [1.29, 1.82) is 0 Å². The third-order valence-corrected chi connectivity index (χ3v) is 5.53. The molecule has 4 rings (SSSR count). The average molecular weight is 394 g/mol. The predicted molar refractivity (Wildman–Crippen MR) is 113 cm³/mol. The van der Waals surface area contributed by atoms with Gasteiger partial charge < -0.3 is 20.1 Å². The highest BCUT2D eigenvalue weighted by atomic mass is 16.5. The molecule has 8 nitrogen and oxygen atoms in total. The summed E-state index contributed by atoms with van der Waals surface area (Å²) in [6.45, 7) is 5.73. The molecule has 3 aromatic rings. The smallest absolute Gasteiger partial charge is 0.227 e. The van der Waals surface area contributed by atoms with Crippen molar-refractivity contribution in [3.05, 3.63) is 42.2 Å². The number of hydrogen-bond acceptors (Lipinski definition) is 8. The fourth-order valence-corrected chi connectivity index (χ4v) is 3.75. The summed E-state index contributed by atoms with van der Waals surface area (Å²) in [5.41, 5.74) is 8.22. The summed E-state index contributed by atoms with van der Waals surface area (Å²) in [5, 5.41) is 0.759. The van der Waals surface area contributed by atoms with Crippen molar-refractivity contribution in [2.75, 3.05) is 51.0 Å². The molecule has 2 aromatic heterocycles. The Balaban J connectivity index is 1.53. The summed E-state index contributed by atoms with van der Waals surface area (Å²) < 4.78 is 10.8. The zero-order valence-corrected chi connectivity index (χ0v) is 17.0. The van der Waals surface area contributed by atoms with E-state index in [9.17, 15) is 0 Å². The van der Waals surface area contributed by atoms with Gasteiger partial charge in [-0.3, -0.25) is 9.88 Å². The molecule has 1 fully saturated rings. The molecule has 8 heteroatoms. The summed E-state index contributed by atoms with van der Waals surface area (Å²) >= 11 is 0. The van der Waals surface area contributed by atoms with E-state index in [0.717, 1.165) is 37.1 Å². The molecule has 0 spiro atoms. The van der Waals surface area contributed by atoms with Gasteiger partial charge in [0.1, 0.15) is 5.82 Å². The van der Waals surface area contributed by atoms with Crippen molar-refractivity contribution in [3.8, 4) is 11.5 Å². The highest BCUT2D eigenvalue weighted by molar-refractivity contribution is 5.91. The van der Waals surface area contributed by atoms with E-state index in [1.807, 2.05) is 24.4 Å². The van der Waals surface area contributed by atoms with Crippen molar-refractivity contribution in [2.24, 2.45) is 0 Å². The minimum Gasteiger partial charge on any atom is -0.493 e. The molecule has 1 aromatic carbocycles. The molecule has 0 radical (unpaired) electrons. The van der Waals surface area contributed by atoms with Crippen molar-refractivity contribution in [3.63, 3.8) is 0 Å². The minimum absolute atomic E-state index is 0.324. The first-order valence-electron chi connectivity index (χ1n) is 9.69. The number of methoxy groups -OCH3 is 2. The second-order valence-corrected chi connectivity index (χ2v) is 7.12. The van der Waals surface area contributed by atoms with Crippen molar-refractivity contribution in [2.45, 2.75) is 13.0 Å². The molecule has 0 saturated carbocycles. The number of benzene rings is 1. The molecule has 1 aliphatic rings. The topological polar surface area (TPSA) is 89.6 Å². The number of rotatable bonds is 5. The van der Waals surface area contributed by atoms with E-state index in [0.29, 0.717) is 29.3 Å². The molecule has 0 amide bonds. The van der Waals surface area contributed by atoms with Crippen molar-refractivity contribution < 1.29 is 9.47 Å². The van der Waals surface area contributed by atoms with Gasteiger partial charge in [-0.25, -0.2) is 4.98 Å². The van der Waals surface area contributed by atoms with Crippen LogP contribution in [0.4, 0.5) is 11.8 Å². The van der Waals surface area contributed by atoms with Crippen LogP contribution in [0.2, 0.25) is 0 Å². The highest BCUT2D eigenvalue weighted by Crippen LogP contribution is 2.34. The molecule has 2 N–H and O–H groups in total. The SMILES string of the molecule is COc1cc2nc(N3CCN(C(C)c4cccnc4)CC3)nc(N)c2cc1OC. The number of nitrogens with zero attached hydrogens (tertiary/aromatic N) is 5. The first-order chi connectivity index (χ1) is 14.1. The minimum atomic E-state index is 0.324. The van der Waals surface area contributed by atoms with Crippen LogP contribution in [0, 0.1) is 0 Å². The monoisotopic (exact) mass is 394 g/mol. The first kappa shape index (κ1) is 19.2. The molecule has 29 heavy (non-hydrogen) atoms. The second-order valence-electron chi connectivity index (χ2n) is 7.12. The van der Waals surface area contributed by atoms with Gasteiger partial charge in [-0.05, 0) is 24.6 Å². The molecule has 1 unspecified atom stereocenters. The number of pyridine rings is 1. The van der Waals surface area contributed by atoms with Gasteiger partial charge in [0, 0.05) is 56.1 Å². The van der Waals surface area contributed by atoms with E-state index in [1.54, 1.807) is 20.4 Å². The maximum atomic E-state index is 6.24. The van der Waals surface area contributed by atoms with Crippen LogP contribution in [0.1, 0.15) is 18.5 Å². The number of nitrogen functional groups attached to an aromatic ring is 1. The fraction of sp³-hybridized carbons (Fsp3) is 0.381. The molecule has 1 aliphatic heterocycles. The molecule has 152 valence electrons. The van der Waals surface area contributed by atoms with Crippen molar-refractivity contribution in [1.82, 2.24) is 19.9 Å². The van der Waals surface area contributed by atoms with Crippen LogP contribution >= 0.6 is 0 Å². The molecule has 0 aliphatic carbocycles. The Bertz CT molecular complexity index is 989. The Kier molecular flexibility index (Phi) is 5.35. The quantitative estimate of drug-likeness (QED) is 0.706. The van der Waals surface area contributed by atoms with Gasteiger partial charge in [0.05, 0.1) is 19.7 Å². The number of aromatic nitrogens is 3. The summed E-state index contributed by atoms with van der Waals surface area (Å²) in [4.78, 5) is 18.2. The van der Waals surface area contributed by atoms with Crippen LogP contribution in [0.15, 0.2) is 36.7 Å². The van der Waals surface area contributed by atoms with Gasteiger partial charge in [-0.1, -0.05) is 6.07 Å². The van der Waals surface area contributed by atoms with E-state index < -0.39 is 0 Å². The average Bonchev–Trinajstić information content (AvgIpc) is 2.78. The molecule has 1 atom stereocenters. The number of ether oxygens (including phenoxy) is 2. The number of nitrogens with two attached hydrogens (primary N) is 1. The van der Waals surface area contributed by atoms with Crippen LogP contribution in [0.3, 0.4) is 0 Å². The normalized spacial score (nSPS) is 16.0.